The molecular weight excluding hydrogens is 194 g/mol. The third-order valence-electron chi connectivity index (χ3n) is 2.79. The van der Waals surface area contributed by atoms with Crippen molar-refractivity contribution in [2.75, 3.05) is 20.1 Å². The van der Waals surface area contributed by atoms with Gasteiger partial charge in [-0.1, -0.05) is 0 Å². The minimum absolute atomic E-state index is 0.553. The number of likely N-dealkylation sites (tertiary alicyclic amines) is 1. The smallest absolute Gasteiger partial charge is 0.0941 e. The van der Waals surface area contributed by atoms with Gasteiger partial charge in [0.25, 0.3) is 0 Å². The Morgan fingerprint density at radius 2 is 2.57 bits per heavy atom. The van der Waals surface area contributed by atoms with Gasteiger partial charge < -0.3 is 5.73 Å². The fourth-order valence-electron chi connectivity index (χ4n) is 2.00. The van der Waals surface area contributed by atoms with Crippen molar-refractivity contribution in [1.82, 2.24) is 9.88 Å². The van der Waals surface area contributed by atoms with E-state index in [9.17, 15) is 0 Å². The van der Waals surface area contributed by atoms with Gasteiger partial charge >= 0.3 is 0 Å². The van der Waals surface area contributed by atoms with Crippen LogP contribution >= 0.6 is 11.3 Å². The molecule has 0 radical (unpaired) electrons. The maximum atomic E-state index is 5.51. The normalized spacial score (nSPS) is 23.1. The molecule has 14 heavy (non-hydrogen) atoms. The predicted molar refractivity (Wildman–Crippen MR) is 59.5 cm³/mol. The van der Waals surface area contributed by atoms with E-state index in [1.165, 1.54) is 30.1 Å². The van der Waals surface area contributed by atoms with Crippen LogP contribution in [0.5, 0.6) is 0 Å². The number of hydrogen-bond acceptors (Lipinski definition) is 4. The average Bonchev–Trinajstić information content (AvgIpc) is 2.74. The van der Waals surface area contributed by atoms with Gasteiger partial charge in [-0.2, -0.15) is 0 Å². The molecule has 2 N–H and O–H groups in total. The Labute approximate surface area is 88.9 Å². The van der Waals surface area contributed by atoms with Gasteiger partial charge in [0.15, 0.2) is 0 Å². The second-order valence-corrected chi connectivity index (χ2v) is 4.79. The molecule has 0 aromatic carbocycles. The van der Waals surface area contributed by atoms with E-state index < -0.39 is 0 Å². The summed E-state index contributed by atoms with van der Waals surface area (Å²) in [5.41, 5.74) is 6.76. The van der Waals surface area contributed by atoms with Crippen molar-refractivity contribution in [3.05, 3.63) is 16.1 Å². The molecule has 0 amide bonds. The van der Waals surface area contributed by atoms with Gasteiger partial charge in [-0.15, -0.1) is 11.3 Å². The third-order valence-corrected chi connectivity index (χ3v) is 3.72. The molecule has 0 spiro atoms. The first-order valence-corrected chi connectivity index (χ1v) is 6.04. The van der Waals surface area contributed by atoms with Crippen molar-refractivity contribution in [3.8, 4) is 0 Å². The Morgan fingerprint density at radius 1 is 1.71 bits per heavy atom. The molecular formula is C10H17N3S. The van der Waals surface area contributed by atoms with Crippen molar-refractivity contribution >= 4 is 11.3 Å². The Kier molecular flexibility index (Phi) is 3.15. The molecule has 0 bridgehead atoms. The molecule has 2 rings (SSSR count). The molecule has 1 unspecified atom stereocenters. The number of rotatable bonds is 3. The van der Waals surface area contributed by atoms with Crippen LogP contribution in [0.1, 0.15) is 29.6 Å². The molecule has 2 heterocycles. The number of nitrogens with two attached hydrogens (primary N) is 1. The number of nitrogens with zero attached hydrogens (tertiary/aromatic N) is 2. The fourth-order valence-corrected chi connectivity index (χ4v) is 2.86. The van der Waals surface area contributed by atoms with Crippen molar-refractivity contribution in [3.63, 3.8) is 0 Å². The van der Waals surface area contributed by atoms with Crippen LogP contribution in [0.25, 0.3) is 0 Å². The summed E-state index contributed by atoms with van der Waals surface area (Å²) in [4.78, 5) is 7.02. The van der Waals surface area contributed by atoms with Crippen LogP contribution in [0.15, 0.2) is 5.38 Å². The van der Waals surface area contributed by atoms with E-state index in [-0.39, 0.29) is 0 Å². The highest BCUT2D eigenvalue weighted by Crippen LogP contribution is 2.30. The molecule has 0 aliphatic carbocycles. The fraction of sp³-hybridized carbons (Fsp3) is 0.700. The summed E-state index contributed by atoms with van der Waals surface area (Å²) >= 11 is 1.75. The Morgan fingerprint density at radius 3 is 3.21 bits per heavy atom. The predicted octanol–water partition coefficient (Wildman–Crippen LogP) is 1.41. The molecule has 1 fully saturated rings. The van der Waals surface area contributed by atoms with Gasteiger partial charge in [-0.3, -0.25) is 4.90 Å². The van der Waals surface area contributed by atoms with E-state index in [4.69, 9.17) is 5.73 Å². The van der Waals surface area contributed by atoms with Gasteiger partial charge in [-0.25, -0.2) is 4.98 Å². The van der Waals surface area contributed by atoms with E-state index in [1.807, 2.05) is 0 Å². The molecule has 1 atom stereocenters. The molecule has 78 valence electrons. The number of hydrogen-bond donors (Lipinski definition) is 1. The van der Waals surface area contributed by atoms with Gasteiger partial charge in [0.1, 0.15) is 0 Å². The summed E-state index contributed by atoms with van der Waals surface area (Å²) in [6.07, 6.45) is 3.47. The minimum atomic E-state index is 0.553. The maximum absolute atomic E-state index is 5.51. The molecule has 1 aromatic heterocycles. The first-order chi connectivity index (χ1) is 6.81. The molecule has 3 nitrogen and oxygen atoms in total. The summed E-state index contributed by atoms with van der Waals surface area (Å²) in [5.74, 6) is 0. The van der Waals surface area contributed by atoms with E-state index >= 15 is 0 Å². The number of thiazole rings is 1. The molecule has 4 heteroatoms. The largest absolute Gasteiger partial charge is 0.330 e. The Hall–Kier alpha value is -0.450. The highest BCUT2D eigenvalue weighted by atomic mass is 32.1. The van der Waals surface area contributed by atoms with E-state index in [0.717, 1.165) is 6.42 Å². The summed E-state index contributed by atoms with van der Waals surface area (Å²) in [5, 5.41) is 3.38. The van der Waals surface area contributed by atoms with Crippen molar-refractivity contribution < 1.29 is 0 Å². The molecule has 1 aliphatic rings. The summed E-state index contributed by atoms with van der Waals surface area (Å²) in [6.45, 7) is 1.90. The summed E-state index contributed by atoms with van der Waals surface area (Å²) in [6, 6.07) is 0.553. The van der Waals surface area contributed by atoms with Crippen LogP contribution in [-0.2, 0) is 6.42 Å². The summed E-state index contributed by atoms with van der Waals surface area (Å²) < 4.78 is 0. The Bertz CT molecular complexity index is 297. The lowest BCUT2D eigenvalue weighted by Crippen LogP contribution is -2.17. The van der Waals surface area contributed by atoms with Crippen molar-refractivity contribution in [1.29, 1.82) is 0 Å². The Balaban J connectivity index is 2.08. The van der Waals surface area contributed by atoms with Crippen LogP contribution in [0.4, 0.5) is 0 Å². The topological polar surface area (TPSA) is 42.1 Å². The standard InChI is InChI=1S/C10H17N3S/c1-13-6-2-3-9(13)8-7-14-10(12-8)4-5-11/h7,9H,2-6,11H2,1H3. The molecule has 1 aliphatic heterocycles. The summed E-state index contributed by atoms with van der Waals surface area (Å²) in [7, 11) is 2.18. The lowest BCUT2D eigenvalue weighted by atomic mass is 10.2. The lowest BCUT2D eigenvalue weighted by Gasteiger charge is -2.16. The zero-order chi connectivity index (χ0) is 9.97. The van der Waals surface area contributed by atoms with E-state index in [1.54, 1.807) is 11.3 Å². The third kappa shape index (κ3) is 1.97. The monoisotopic (exact) mass is 211 g/mol. The van der Waals surface area contributed by atoms with Gasteiger partial charge in [0, 0.05) is 11.8 Å². The molecule has 1 aromatic rings. The molecule has 0 saturated carbocycles. The number of aromatic nitrogens is 1. The van der Waals surface area contributed by atoms with Crippen molar-refractivity contribution in [2.24, 2.45) is 5.73 Å². The first-order valence-electron chi connectivity index (χ1n) is 5.16. The van der Waals surface area contributed by atoms with Crippen LogP contribution in [0, 0.1) is 0 Å². The zero-order valence-corrected chi connectivity index (χ0v) is 9.39. The lowest BCUT2D eigenvalue weighted by molar-refractivity contribution is 0.312. The van der Waals surface area contributed by atoms with Crippen LogP contribution < -0.4 is 5.73 Å². The van der Waals surface area contributed by atoms with Gasteiger partial charge in [0.2, 0.25) is 0 Å². The van der Waals surface area contributed by atoms with Crippen LogP contribution in [0.2, 0.25) is 0 Å². The maximum Gasteiger partial charge on any atom is 0.0941 e. The van der Waals surface area contributed by atoms with E-state index in [2.05, 4.69) is 22.3 Å². The zero-order valence-electron chi connectivity index (χ0n) is 8.57. The molecule has 1 saturated heterocycles. The minimum Gasteiger partial charge on any atom is -0.330 e. The first kappa shape index (κ1) is 10.1. The van der Waals surface area contributed by atoms with Gasteiger partial charge in [0.05, 0.1) is 16.7 Å². The second kappa shape index (κ2) is 4.38. The van der Waals surface area contributed by atoms with Crippen molar-refractivity contribution in [2.45, 2.75) is 25.3 Å². The average molecular weight is 211 g/mol. The van der Waals surface area contributed by atoms with E-state index in [0.29, 0.717) is 12.6 Å². The second-order valence-electron chi connectivity index (χ2n) is 3.84. The highest BCUT2D eigenvalue weighted by Gasteiger charge is 2.24. The highest BCUT2D eigenvalue weighted by molar-refractivity contribution is 7.09. The quantitative estimate of drug-likeness (QED) is 0.822. The van der Waals surface area contributed by atoms with Crippen LogP contribution in [-0.4, -0.2) is 30.0 Å². The van der Waals surface area contributed by atoms with Crippen LogP contribution in [0.3, 0.4) is 0 Å². The van der Waals surface area contributed by atoms with Gasteiger partial charge in [-0.05, 0) is 33.0 Å². The SMILES string of the molecule is CN1CCCC1c1csc(CCN)n1.